The minimum absolute atomic E-state index is 0.00932. The second kappa shape index (κ2) is 7.39. The van der Waals surface area contributed by atoms with Crippen molar-refractivity contribution in [2.75, 3.05) is 0 Å². The molecular weight excluding hydrogens is 353 g/mol. The molecule has 0 fully saturated rings. The molecule has 3 aromatic rings. The summed E-state index contributed by atoms with van der Waals surface area (Å²) in [6, 6.07) is 11.4. The van der Waals surface area contributed by atoms with Crippen LogP contribution >= 0.6 is 0 Å². The van der Waals surface area contributed by atoms with Gasteiger partial charge in [0.05, 0.1) is 16.9 Å². The van der Waals surface area contributed by atoms with Crippen LogP contribution in [0.4, 0.5) is 4.39 Å². The van der Waals surface area contributed by atoms with Crippen molar-refractivity contribution in [3.8, 4) is 5.69 Å². The van der Waals surface area contributed by atoms with Gasteiger partial charge >= 0.3 is 0 Å². The van der Waals surface area contributed by atoms with Crippen molar-refractivity contribution in [3.63, 3.8) is 0 Å². The van der Waals surface area contributed by atoms with Crippen LogP contribution in [-0.2, 0) is 16.6 Å². The van der Waals surface area contributed by atoms with E-state index in [-0.39, 0.29) is 11.4 Å². The zero-order chi connectivity index (χ0) is 18.7. The minimum atomic E-state index is -3.65. The molecule has 5 nitrogen and oxygen atoms in total. The van der Waals surface area contributed by atoms with Gasteiger partial charge in [-0.1, -0.05) is 32.0 Å². The summed E-state index contributed by atoms with van der Waals surface area (Å²) in [5.41, 5.74) is 1.97. The molecule has 0 atom stereocenters. The molecule has 26 heavy (non-hydrogen) atoms. The first-order chi connectivity index (χ1) is 12.4. The maximum atomic E-state index is 14.3. The van der Waals surface area contributed by atoms with Gasteiger partial charge in [0.2, 0.25) is 10.0 Å². The van der Waals surface area contributed by atoms with Crippen molar-refractivity contribution in [1.82, 2.24) is 14.3 Å². The number of nitrogens with zero attached hydrogens (tertiary/aromatic N) is 2. The van der Waals surface area contributed by atoms with Crippen molar-refractivity contribution in [2.24, 2.45) is 0 Å². The molecule has 1 heterocycles. The molecule has 3 rings (SSSR count). The molecule has 0 saturated heterocycles. The molecule has 0 aliphatic rings. The number of benzene rings is 2. The molecule has 0 unspecified atom stereocenters. The van der Waals surface area contributed by atoms with Crippen LogP contribution in [0.3, 0.4) is 0 Å². The number of hydrogen-bond acceptors (Lipinski definition) is 3. The van der Waals surface area contributed by atoms with E-state index in [0.717, 1.165) is 5.56 Å². The van der Waals surface area contributed by atoms with Gasteiger partial charge in [0.15, 0.2) is 0 Å². The van der Waals surface area contributed by atoms with Crippen LogP contribution < -0.4 is 4.72 Å². The Balaban J connectivity index is 1.72. The number of nitrogens with one attached hydrogen (secondary N) is 1. The van der Waals surface area contributed by atoms with E-state index in [2.05, 4.69) is 9.71 Å². The van der Waals surface area contributed by atoms with Crippen molar-refractivity contribution in [1.29, 1.82) is 0 Å². The molecular formula is C19H20FN3O2S. The van der Waals surface area contributed by atoms with Crippen LogP contribution in [0.15, 0.2) is 66.1 Å². The molecule has 0 aliphatic heterocycles. The van der Waals surface area contributed by atoms with Crippen LogP contribution in [-0.4, -0.2) is 18.0 Å². The van der Waals surface area contributed by atoms with Gasteiger partial charge in [-0.05, 0) is 41.3 Å². The standard InChI is InChI=1S/C19H20FN3O2S/c1-14(2)16-4-6-17(7-5-16)26(24,25)22-12-15-3-8-19(18(20)11-15)23-10-9-21-13-23/h3-11,13-14,22H,12H2,1-2H3. The summed E-state index contributed by atoms with van der Waals surface area (Å²) >= 11 is 0. The van der Waals surface area contributed by atoms with E-state index in [0.29, 0.717) is 17.2 Å². The van der Waals surface area contributed by atoms with Crippen molar-refractivity contribution in [3.05, 3.63) is 78.1 Å². The second-order valence-corrected chi connectivity index (χ2v) is 8.07. The molecule has 0 spiro atoms. The van der Waals surface area contributed by atoms with Gasteiger partial charge in [0.25, 0.3) is 0 Å². The molecule has 0 bridgehead atoms. The predicted octanol–water partition coefficient (Wildman–Crippen LogP) is 3.61. The molecule has 7 heteroatoms. The van der Waals surface area contributed by atoms with Crippen molar-refractivity contribution in [2.45, 2.75) is 31.2 Å². The number of hydrogen-bond donors (Lipinski definition) is 1. The topological polar surface area (TPSA) is 64.0 Å². The summed E-state index contributed by atoms with van der Waals surface area (Å²) in [6.45, 7) is 4.10. The zero-order valence-electron chi connectivity index (χ0n) is 14.6. The Morgan fingerprint density at radius 3 is 2.46 bits per heavy atom. The highest BCUT2D eigenvalue weighted by atomic mass is 32.2. The summed E-state index contributed by atoms with van der Waals surface area (Å²) in [7, 11) is -3.65. The fraction of sp³-hybridized carbons (Fsp3) is 0.211. The largest absolute Gasteiger partial charge is 0.303 e. The lowest BCUT2D eigenvalue weighted by molar-refractivity contribution is 0.580. The normalized spacial score (nSPS) is 11.8. The molecule has 2 aromatic carbocycles. The van der Waals surface area contributed by atoms with E-state index < -0.39 is 15.8 Å². The molecule has 0 amide bonds. The number of aromatic nitrogens is 2. The fourth-order valence-corrected chi connectivity index (χ4v) is 3.58. The van der Waals surface area contributed by atoms with Gasteiger partial charge in [0.1, 0.15) is 5.82 Å². The highest BCUT2D eigenvalue weighted by Crippen LogP contribution is 2.18. The van der Waals surface area contributed by atoms with Crippen LogP contribution in [0, 0.1) is 5.82 Å². The van der Waals surface area contributed by atoms with Gasteiger partial charge in [-0.15, -0.1) is 0 Å². The maximum Gasteiger partial charge on any atom is 0.240 e. The monoisotopic (exact) mass is 373 g/mol. The van der Waals surface area contributed by atoms with E-state index in [4.69, 9.17) is 0 Å². The third kappa shape index (κ3) is 4.00. The number of sulfonamides is 1. The molecule has 0 saturated carbocycles. The molecule has 136 valence electrons. The first-order valence-electron chi connectivity index (χ1n) is 8.23. The summed E-state index contributed by atoms with van der Waals surface area (Å²) in [5, 5.41) is 0. The van der Waals surface area contributed by atoms with Crippen LogP contribution in [0.25, 0.3) is 5.69 Å². The lowest BCUT2D eigenvalue weighted by Crippen LogP contribution is -2.23. The van der Waals surface area contributed by atoms with Gasteiger partial charge in [-0.25, -0.2) is 22.5 Å². The SMILES string of the molecule is CC(C)c1ccc(S(=O)(=O)NCc2ccc(-n3ccnc3)c(F)c2)cc1. The van der Waals surface area contributed by atoms with E-state index in [9.17, 15) is 12.8 Å². The van der Waals surface area contributed by atoms with Gasteiger partial charge in [-0.3, -0.25) is 0 Å². The van der Waals surface area contributed by atoms with E-state index in [1.807, 2.05) is 13.8 Å². The Morgan fingerprint density at radius 1 is 1.15 bits per heavy atom. The third-order valence-electron chi connectivity index (χ3n) is 4.12. The predicted molar refractivity (Wildman–Crippen MR) is 98.1 cm³/mol. The Hall–Kier alpha value is -2.51. The number of imidazole rings is 1. The first kappa shape index (κ1) is 18.3. The van der Waals surface area contributed by atoms with Gasteiger partial charge in [0, 0.05) is 18.9 Å². The van der Waals surface area contributed by atoms with E-state index >= 15 is 0 Å². The summed E-state index contributed by atoms with van der Waals surface area (Å²) in [5.74, 6) is -0.113. The van der Waals surface area contributed by atoms with Crippen LogP contribution in [0.1, 0.15) is 30.9 Å². The van der Waals surface area contributed by atoms with Crippen molar-refractivity contribution < 1.29 is 12.8 Å². The number of halogens is 1. The smallest absolute Gasteiger partial charge is 0.240 e. The second-order valence-electron chi connectivity index (χ2n) is 6.30. The van der Waals surface area contributed by atoms with Gasteiger partial charge in [-0.2, -0.15) is 0 Å². The number of rotatable bonds is 6. The summed E-state index contributed by atoms with van der Waals surface area (Å²) in [6.07, 6.45) is 4.70. The lowest BCUT2D eigenvalue weighted by atomic mass is 10.0. The Bertz CT molecular complexity index is 982. The van der Waals surface area contributed by atoms with Crippen LogP contribution in [0.2, 0.25) is 0 Å². The van der Waals surface area contributed by atoms with E-state index in [1.54, 1.807) is 53.4 Å². The highest BCUT2D eigenvalue weighted by Gasteiger charge is 2.14. The van der Waals surface area contributed by atoms with Gasteiger partial charge < -0.3 is 4.57 Å². The average molecular weight is 373 g/mol. The summed E-state index contributed by atoms with van der Waals surface area (Å²) < 4.78 is 43.1. The lowest BCUT2D eigenvalue weighted by Gasteiger charge is -2.10. The quantitative estimate of drug-likeness (QED) is 0.718. The van der Waals surface area contributed by atoms with Crippen molar-refractivity contribution >= 4 is 10.0 Å². The Morgan fingerprint density at radius 2 is 1.88 bits per heavy atom. The first-order valence-corrected chi connectivity index (χ1v) is 9.71. The minimum Gasteiger partial charge on any atom is -0.303 e. The van der Waals surface area contributed by atoms with E-state index in [1.165, 1.54) is 12.4 Å². The Labute approximate surface area is 152 Å². The Kier molecular flexibility index (Phi) is 5.20. The third-order valence-corrected chi connectivity index (χ3v) is 5.54. The molecule has 1 aromatic heterocycles. The maximum absolute atomic E-state index is 14.3. The molecule has 1 N–H and O–H groups in total. The highest BCUT2D eigenvalue weighted by molar-refractivity contribution is 7.89. The summed E-state index contributed by atoms with van der Waals surface area (Å²) in [4.78, 5) is 4.08. The zero-order valence-corrected chi connectivity index (χ0v) is 15.4. The fourth-order valence-electron chi connectivity index (χ4n) is 2.56. The molecule has 0 radical (unpaired) electrons. The molecule has 0 aliphatic carbocycles. The van der Waals surface area contributed by atoms with Crippen LogP contribution in [0.5, 0.6) is 0 Å². The average Bonchev–Trinajstić information content (AvgIpc) is 3.14.